The summed E-state index contributed by atoms with van der Waals surface area (Å²) in [5.74, 6) is -1.18. The normalized spacial score (nSPS) is 12.2. The lowest BCUT2D eigenvalue weighted by Gasteiger charge is -2.15. The van der Waals surface area contributed by atoms with Crippen LogP contribution in [0.2, 0.25) is 0 Å². The third-order valence-electron chi connectivity index (χ3n) is 3.20. The molecule has 0 aliphatic rings. The summed E-state index contributed by atoms with van der Waals surface area (Å²) in [7, 11) is 0. The van der Waals surface area contributed by atoms with Crippen LogP contribution in [-0.4, -0.2) is 17.7 Å². The molecule has 0 saturated carbocycles. The maximum atomic E-state index is 13.4. The molecule has 0 radical (unpaired) electrons. The van der Waals surface area contributed by atoms with E-state index in [1.807, 2.05) is 0 Å². The lowest BCUT2D eigenvalue weighted by molar-refractivity contribution is 0.0692. The van der Waals surface area contributed by atoms with Crippen molar-refractivity contribution < 1.29 is 19.0 Å². The number of unbranched alkanes of at least 4 members (excludes halogenated alkanes) is 1. The number of hydrogen-bond acceptors (Lipinski definition) is 2. The summed E-state index contributed by atoms with van der Waals surface area (Å²) < 4.78 is 19.0. The summed E-state index contributed by atoms with van der Waals surface area (Å²) in [5, 5.41) is 8.73. The van der Waals surface area contributed by atoms with Crippen LogP contribution in [-0.2, 0) is 0 Å². The van der Waals surface area contributed by atoms with Crippen LogP contribution in [0.1, 0.15) is 49.9 Å². The molecule has 19 heavy (non-hydrogen) atoms. The minimum atomic E-state index is -1.27. The second-order valence-electron chi connectivity index (χ2n) is 4.67. The van der Waals surface area contributed by atoms with Gasteiger partial charge in [-0.25, -0.2) is 9.18 Å². The lowest BCUT2D eigenvalue weighted by Crippen LogP contribution is -2.11. The minimum Gasteiger partial charge on any atom is -0.493 e. The Bertz CT molecular complexity index is 418. The minimum absolute atomic E-state index is 0.328. The summed E-state index contributed by atoms with van der Waals surface area (Å²) in [5.41, 5.74) is -0.328. The van der Waals surface area contributed by atoms with Crippen molar-refractivity contribution in [3.05, 3.63) is 29.6 Å². The molecule has 3 nitrogen and oxygen atoms in total. The van der Waals surface area contributed by atoms with E-state index in [1.54, 1.807) is 0 Å². The van der Waals surface area contributed by atoms with Gasteiger partial charge in [-0.15, -0.1) is 0 Å². The molecule has 0 bridgehead atoms. The van der Waals surface area contributed by atoms with Crippen LogP contribution in [0.15, 0.2) is 18.2 Å². The van der Waals surface area contributed by atoms with E-state index in [9.17, 15) is 9.18 Å². The largest absolute Gasteiger partial charge is 0.493 e. The number of halogens is 1. The number of aromatic carboxylic acids is 1. The third kappa shape index (κ3) is 4.89. The first-order valence-corrected chi connectivity index (χ1v) is 6.74. The molecule has 1 aromatic carbocycles. The van der Waals surface area contributed by atoms with Crippen molar-refractivity contribution in [3.63, 3.8) is 0 Å². The topological polar surface area (TPSA) is 46.5 Å². The fraction of sp³-hybridized carbons (Fsp3) is 0.533. The molecule has 1 unspecified atom stereocenters. The molecule has 0 amide bonds. The average molecular weight is 268 g/mol. The number of rotatable bonds is 8. The van der Waals surface area contributed by atoms with Crippen LogP contribution in [0, 0.1) is 11.7 Å². The Hall–Kier alpha value is -1.58. The first-order valence-electron chi connectivity index (χ1n) is 6.74. The fourth-order valence-electron chi connectivity index (χ4n) is 1.87. The molecule has 1 N–H and O–H groups in total. The Kier molecular flexibility index (Phi) is 6.33. The van der Waals surface area contributed by atoms with E-state index < -0.39 is 11.8 Å². The molecule has 0 fully saturated rings. The maximum Gasteiger partial charge on any atom is 0.338 e. The van der Waals surface area contributed by atoms with Gasteiger partial charge in [-0.05, 0) is 24.5 Å². The highest BCUT2D eigenvalue weighted by Gasteiger charge is 2.12. The van der Waals surface area contributed by atoms with E-state index in [4.69, 9.17) is 9.84 Å². The smallest absolute Gasteiger partial charge is 0.338 e. The van der Waals surface area contributed by atoms with E-state index in [2.05, 4.69) is 13.8 Å². The van der Waals surface area contributed by atoms with Gasteiger partial charge >= 0.3 is 5.97 Å². The van der Waals surface area contributed by atoms with E-state index in [1.165, 1.54) is 12.1 Å². The first-order chi connectivity index (χ1) is 9.08. The van der Waals surface area contributed by atoms with Gasteiger partial charge < -0.3 is 9.84 Å². The quantitative estimate of drug-likeness (QED) is 0.771. The lowest BCUT2D eigenvalue weighted by atomic mass is 10.0. The van der Waals surface area contributed by atoms with Crippen molar-refractivity contribution >= 4 is 5.97 Å². The Morgan fingerprint density at radius 3 is 2.68 bits per heavy atom. The molecular formula is C15H21FO3. The summed E-state index contributed by atoms with van der Waals surface area (Å²) in [6.07, 6.45) is 4.44. The molecule has 1 rings (SSSR count). The van der Waals surface area contributed by atoms with Crippen LogP contribution in [0.25, 0.3) is 0 Å². The van der Waals surface area contributed by atoms with Gasteiger partial charge in [0.05, 0.1) is 12.2 Å². The Balaban J connectivity index is 2.57. The number of ether oxygens (including phenoxy) is 1. The van der Waals surface area contributed by atoms with Crippen molar-refractivity contribution in [1.29, 1.82) is 0 Å². The summed E-state index contributed by atoms with van der Waals surface area (Å²) >= 11 is 0. The van der Waals surface area contributed by atoms with Gasteiger partial charge in [0.25, 0.3) is 0 Å². The Labute approximate surface area is 113 Å². The number of carbonyl (C=O) groups is 1. The van der Waals surface area contributed by atoms with Gasteiger partial charge in [0, 0.05) is 6.07 Å². The number of carboxylic acids is 1. The van der Waals surface area contributed by atoms with Crippen molar-refractivity contribution in [2.45, 2.75) is 39.5 Å². The maximum absolute atomic E-state index is 13.4. The van der Waals surface area contributed by atoms with Gasteiger partial charge in [0.15, 0.2) is 0 Å². The first kappa shape index (κ1) is 15.5. The van der Waals surface area contributed by atoms with Crippen molar-refractivity contribution in [2.75, 3.05) is 6.61 Å². The summed E-state index contributed by atoms with van der Waals surface area (Å²) in [4.78, 5) is 10.7. The molecule has 0 aliphatic carbocycles. The SMILES string of the molecule is CCCCC(CC)COc1ccc(C(=O)O)c(F)c1. The Morgan fingerprint density at radius 1 is 1.42 bits per heavy atom. The molecule has 0 aliphatic heterocycles. The number of benzene rings is 1. The molecule has 0 aromatic heterocycles. The average Bonchev–Trinajstić information content (AvgIpc) is 2.38. The van der Waals surface area contributed by atoms with Gasteiger partial charge in [-0.1, -0.05) is 33.1 Å². The van der Waals surface area contributed by atoms with Crippen LogP contribution in [0.3, 0.4) is 0 Å². The van der Waals surface area contributed by atoms with Crippen LogP contribution in [0.4, 0.5) is 4.39 Å². The Morgan fingerprint density at radius 2 is 2.16 bits per heavy atom. The van der Waals surface area contributed by atoms with Gasteiger partial charge in [0.2, 0.25) is 0 Å². The summed E-state index contributed by atoms with van der Waals surface area (Å²) in [6, 6.07) is 3.87. The van der Waals surface area contributed by atoms with E-state index in [0.29, 0.717) is 18.3 Å². The second-order valence-corrected chi connectivity index (χ2v) is 4.67. The van der Waals surface area contributed by atoms with Crippen molar-refractivity contribution in [2.24, 2.45) is 5.92 Å². The van der Waals surface area contributed by atoms with Crippen LogP contribution in [0.5, 0.6) is 5.75 Å². The van der Waals surface area contributed by atoms with Gasteiger partial charge in [-0.3, -0.25) is 0 Å². The molecule has 0 saturated heterocycles. The molecule has 0 heterocycles. The molecular weight excluding hydrogens is 247 g/mol. The van der Waals surface area contributed by atoms with Crippen LogP contribution < -0.4 is 4.74 Å². The van der Waals surface area contributed by atoms with E-state index in [0.717, 1.165) is 31.7 Å². The van der Waals surface area contributed by atoms with E-state index >= 15 is 0 Å². The van der Waals surface area contributed by atoms with Gasteiger partial charge in [-0.2, -0.15) is 0 Å². The fourth-order valence-corrected chi connectivity index (χ4v) is 1.87. The zero-order valence-corrected chi connectivity index (χ0v) is 11.5. The van der Waals surface area contributed by atoms with Crippen LogP contribution >= 0.6 is 0 Å². The van der Waals surface area contributed by atoms with Crippen molar-refractivity contribution in [1.82, 2.24) is 0 Å². The highest BCUT2D eigenvalue weighted by molar-refractivity contribution is 5.88. The second kappa shape index (κ2) is 7.77. The molecule has 4 heteroatoms. The highest BCUT2D eigenvalue weighted by Crippen LogP contribution is 2.19. The van der Waals surface area contributed by atoms with Crippen molar-refractivity contribution in [3.8, 4) is 5.75 Å². The zero-order chi connectivity index (χ0) is 14.3. The predicted molar refractivity (Wildman–Crippen MR) is 72.2 cm³/mol. The zero-order valence-electron chi connectivity index (χ0n) is 11.5. The number of carboxylic acid groups (broad SMARTS) is 1. The third-order valence-corrected chi connectivity index (χ3v) is 3.20. The molecule has 106 valence electrons. The number of hydrogen-bond donors (Lipinski definition) is 1. The molecule has 1 aromatic rings. The predicted octanol–water partition coefficient (Wildman–Crippen LogP) is 4.12. The molecule has 0 spiro atoms. The van der Waals surface area contributed by atoms with E-state index in [-0.39, 0.29) is 5.56 Å². The monoisotopic (exact) mass is 268 g/mol. The highest BCUT2D eigenvalue weighted by atomic mass is 19.1. The molecule has 1 atom stereocenters. The van der Waals surface area contributed by atoms with Gasteiger partial charge in [0.1, 0.15) is 11.6 Å². The standard InChI is InChI=1S/C15H21FO3/c1-3-5-6-11(4-2)10-19-12-7-8-13(15(17)18)14(16)9-12/h7-9,11H,3-6,10H2,1-2H3,(H,17,18). The summed E-state index contributed by atoms with van der Waals surface area (Å²) in [6.45, 7) is 4.80.